The van der Waals surface area contributed by atoms with Gasteiger partial charge in [-0.05, 0) is 18.2 Å². The van der Waals surface area contributed by atoms with Crippen molar-refractivity contribution in [3.05, 3.63) is 29.8 Å². The average Bonchev–Trinajstić information content (AvgIpc) is 2.76. The number of anilines is 1. The summed E-state index contributed by atoms with van der Waals surface area (Å²) >= 11 is 1.83. The second kappa shape index (κ2) is 10.4. The number of nitrogens with one attached hydrogen (secondary N) is 2. The first-order valence-electron chi connectivity index (χ1n) is 9.83. The first-order valence-corrected chi connectivity index (χ1v) is 11.0. The lowest BCUT2D eigenvalue weighted by atomic mass is 10.1. The minimum atomic E-state index is -0.748. The molecule has 162 valence electrons. The summed E-state index contributed by atoms with van der Waals surface area (Å²) in [6.45, 7) is 2.25. The molecular formula is C20H26N4O5S. The Morgan fingerprint density at radius 1 is 1.23 bits per heavy atom. The van der Waals surface area contributed by atoms with E-state index in [1.54, 1.807) is 29.2 Å². The van der Waals surface area contributed by atoms with E-state index >= 15 is 0 Å². The van der Waals surface area contributed by atoms with Crippen LogP contribution in [0, 0.1) is 0 Å². The van der Waals surface area contributed by atoms with Crippen LogP contribution in [0.3, 0.4) is 0 Å². The highest BCUT2D eigenvalue weighted by atomic mass is 32.2. The van der Waals surface area contributed by atoms with Crippen LogP contribution in [0.1, 0.15) is 16.8 Å². The Labute approximate surface area is 179 Å². The van der Waals surface area contributed by atoms with Crippen LogP contribution in [-0.2, 0) is 19.1 Å². The van der Waals surface area contributed by atoms with Crippen molar-refractivity contribution in [2.45, 2.75) is 12.5 Å². The Balaban J connectivity index is 1.61. The number of carbonyl (C=O) groups is 4. The highest BCUT2D eigenvalue weighted by Crippen LogP contribution is 2.17. The third kappa shape index (κ3) is 5.73. The van der Waals surface area contributed by atoms with E-state index in [9.17, 15) is 19.2 Å². The van der Waals surface area contributed by atoms with Gasteiger partial charge in [0.05, 0.1) is 20.1 Å². The van der Waals surface area contributed by atoms with Crippen molar-refractivity contribution < 1.29 is 23.9 Å². The maximum Gasteiger partial charge on any atom is 0.307 e. The van der Waals surface area contributed by atoms with Crippen molar-refractivity contribution in [1.82, 2.24) is 15.1 Å². The number of thioether (sulfide) groups is 1. The Kier molecular flexibility index (Phi) is 7.69. The van der Waals surface area contributed by atoms with Crippen LogP contribution in [0.2, 0.25) is 0 Å². The lowest BCUT2D eigenvalue weighted by molar-refractivity contribution is -0.146. The highest BCUT2D eigenvalue weighted by Gasteiger charge is 2.33. The van der Waals surface area contributed by atoms with Crippen LogP contribution in [0.25, 0.3) is 0 Å². The molecule has 2 fully saturated rings. The molecule has 1 atom stereocenters. The Bertz CT molecular complexity index is 812. The fourth-order valence-electron chi connectivity index (χ4n) is 3.48. The second-order valence-electron chi connectivity index (χ2n) is 7.09. The summed E-state index contributed by atoms with van der Waals surface area (Å²) in [7, 11) is 1.26. The number of rotatable bonds is 6. The fraction of sp³-hybridized carbons (Fsp3) is 0.500. The van der Waals surface area contributed by atoms with Crippen LogP contribution in [0.5, 0.6) is 0 Å². The summed E-state index contributed by atoms with van der Waals surface area (Å²) in [5, 5.41) is 5.49. The number of nitrogens with zero attached hydrogens (tertiary/aromatic N) is 2. The molecular weight excluding hydrogens is 408 g/mol. The van der Waals surface area contributed by atoms with E-state index in [1.165, 1.54) is 7.11 Å². The van der Waals surface area contributed by atoms with Crippen molar-refractivity contribution in [3.8, 4) is 0 Å². The van der Waals surface area contributed by atoms with E-state index in [1.807, 2.05) is 16.7 Å². The highest BCUT2D eigenvalue weighted by molar-refractivity contribution is 7.99. The molecule has 2 aliphatic rings. The minimum Gasteiger partial charge on any atom is -0.469 e. The molecule has 10 heteroatoms. The summed E-state index contributed by atoms with van der Waals surface area (Å²) in [5.74, 6) is 0.684. The maximum absolute atomic E-state index is 12.7. The first-order chi connectivity index (χ1) is 14.5. The number of ether oxygens (including phenoxy) is 1. The van der Waals surface area contributed by atoms with Crippen molar-refractivity contribution in [2.75, 3.05) is 56.7 Å². The van der Waals surface area contributed by atoms with Gasteiger partial charge in [-0.15, -0.1) is 0 Å². The largest absolute Gasteiger partial charge is 0.469 e. The quantitative estimate of drug-likeness (QED) is 0.615. The minimum absolute atomic E-state index is 0.0442. The number of carbonyl (C=O) groups excluding carboxylic acids is 4. The van der Waals surface area contributed by atoms with Gasteiger partial charge in [-0.3, -0.25) is 24.1 Å². The van der Waals surface area contributed by atoms with Crippen LogP contribution < -0.4 is 10.6 Å². The second-order valence-corrected chi connectivity index (χ2v) is 8.32. The molecule has 9 nitrogen and oxygen atoms in total. The number of hydrogen-bond donors (Lipinski definition) is 2. The van der Waals surface area contributed by atoms with Crippen molar-refractivity contribution in [3.63, 3.8) is 0 Å². The fourth-order valence-corrected chi connectivity index (χ4v) is 4.38. The molecule has 0 bridgehead atoms. The van der Waals surface area contributed by atoms with Gasteiger partial charge in [-0.2, -0.15) is 11.8 Å². The molecule has 0 radical (unpaired) electrons. The molecule has 2 heterocycles. The summed E-state index contributed by atoms with van der Waals surface area (Å²) in [4.78, 5) is 52.5. The number of benzene rings is 1. The number of piperazine rings is 1. The molecule has 1 aromatic carbocycles. The Hall–Kier alpha value is -2.59. The summed E-state index contributed by atoms with van der Waals surface area (Å²) < 4.78 is 4.65. The van der Waals surface area contributed by atoms with Gasteiger partial charge in [0.25, 0.3) is 5.91 Å². The SMILES string of the molecule is COC(=O)CC1C(=O)NCCN1CC(=O)Nc1cccc(C(=O)N2CCSCC2)c1. The molecule has 1 aromatic rings. The number of hydrogen-bond acceptors (Lipinski definition) is 7. The summed E-state index contributed by atoms with van der Waals surface area (Å²) in [6.07, 6.45) is -0.117. The summed E-state index contributed by atoms with van der Waals surface area (Å²) in [6, 6.07) is 6.10. The molecule has 0 saturated carbocycles. The third-order valence-electron chi connectivity index (χ3n) is 5.07. The van der Waals surface area contributed by atoms with Crippen LogP contribution >= 0.6 is 11.8 Å². The molecule has 2 N–H and O–H groups in total. The smallest absolute Gasteiger partial charge is 0.307 e. The molecule has 0 aliphatic carbocycles. The number of esters is 1. The lowest BCUT2D eigenvalue weighted by Gasteiger charge is -2.33. The molecule has 3 rings (SSSR count). The van der Waals surface area contributed by atoms with Gasteiger partial charge >= 0.3 is 5.97 Å². The molecule has 1 unspecified atom stereocenters. The van der Waals surface area contributed by atoms with Crippen LogP contribution in [0.15, 0.2) is 24.3 Å². The van der Waals surface area contributed by atoms with Crippen molar-refractivity contribution in [2.24, 2.45) is 0 Å². The van der Waals surface area contributed by atoms with Crippen LogP contribution in [-0.4, -0.2) is 90.9 Å². The Morgan fingerprint density at radius 2 is 2.00 bits per heavy atom. The third-order valence-corrected chi connectivity index (χ3v) is 6.01. The van der Waals surface area contributed by atoms with Crippen LogP contribution in [0.4, 0.5) is 5.69 Å². The topological polar surface area (TPSA) is 108 Å². The number of amides is 3. The zero-order valence-corrected chi connectivity index (χ0v) is 17.7. The molecule has 30 heavy (non-hydrogen) atoms. The molecule has 0 aromatic heterocycles. The normalized spacial score (nSPS) is 19.7. The summed E-state index contributed by atoms with van der Waals surface area (Å²) in [5.41, 5.74) is 1.05. The average molecular weight is 435 g/mol. The van der Waals surface area contributed by atoms with E-state index in [0.29, 0.717) is 24.3 Å². The van der Waals surface area contributed by atoms with Gasteiger partial charge < -0.3 is 20.3 Å². The zero-order valence-electron chi connectivity index (χ0n) is 16.9. The zero-order chi connectivity index (χ0) is 21.5. The number of methoxy groups -OCH3 is 1. The standard InChI is InChI=1S/C20H26N4O5S/c1-29-18(26)12-16-19(27)21-5-6-24(16)13-17(25)22-15-4-2-3-14(11-15)20(28)23-7-9-30-10-8-23/h2-4,11,16H,5-10,12-13H2,1H3,(H,21,27)(H,22,25). The maximum atomic E-state index is 12.7. The van der Waals surface area contributed by atoms with Gasteiger partial charge in [-0.1, -0.05) is 6.07 Å². The molecule has 2 saturated heterocycles. The van der Waals surface area contributed by atoms with E-state index in [4.69, 9.17) is 0 Å². The predicted molar refractivity (Wildman–Crippen MR) is 113 cm³/mol. The molecule has 3 amide bonds. The van der Waals surface area contributed by atoms with Gasteiger partial charge in [0.15, 0.2) is 0 Å². The van der Waals surface area contributed by atoms with Gasteiger partial charge in [0.1, 0.15) is 6.04 Å². The van der Waals surface area contributed by atoms with Gasteiger partial charge in [0, 0.05) is 48.9 Å². The van der Waals surface area contributed by atoms with E-state index in [0.717, 1.165) is 24.6 Å². The first kappa shape index (κ1) is 22.1. The van der Waals surface area contributed by atoms with Crippen molar-refractivity contribution in [1.29, 1.82) is 0 Å². The van der Waals surface area contributed by atoms with Crippen molar-refractivity contribution >= 4 is 41.1 Å². The van der Waals surface area contributed by atoms with E-state index < -0.39 is 12.0 Å². The molecule has 2 aliphatic heterocycles. The monoisotopic (exact) mass is 434 g/mol. The lowest BCUT2D eigenvalue weighted by Crippen LogP contribution is -2.57. The Morgan fingerprint density at radius 3 is 2.73 bits per heavy atom. The predicted octanol–water partition coefficient (Wildman–Crippen LogP) is 0.178. The van der Waals surface area contributed by atoms with E-state index in [-0.39, 0.29) is 30.7 Å². The van der Waals surface area contributed by atoms with Gasteiger partial charge in [-0.25, -0.2) is 0 Å². The van der Waals surface area contributed by atoms with Gasteiger partial charge in [0.2, 0.25) is 11.8 Å². The molecule has 0 spiro atoms. The van der Waals surface area contributed by atoms with E-state index in [2.05, 4.69) is 15.4 Å².